The van der Waals surface area contributed by atoms with Crippen LogP contribution in [0.5, 0.6) is 0 Å². The van der Waals surface area contributed by atoms with Crippen LogP contribution in [0.25, 0.3) is 0 Å². The minimum atomic E-state index is 0. The first kappa shape index (κ1) is 14.8. The standard InChI is InChI=1S/C13H24N2O.ClH/c1-2-13(7-5-8-13)10-15-12(16)11-6-3-4-9-14-11;/h11,14H,2-10H2,1H3,(H,15,16);1H/t11-;/m0./s1. The molecule has 1 atom stereocenters. The molecule has 1 aliphatic heterocycles. The van der Waals surface area contributed by atoms with Crippen LogP contribution in [0, 0.1) is 5.41 Å². The zero-order valence-corrected chi connectivity index (χ0v) is 11.6. The Bertz CT molecular complexity index is 242. The Hall–Kier alpha value is -0.280. The second kappa shape index (κ2) is 6.60. The van der Waals surface area contributed by atoms with Crippen molar-refractivity contribution in [2.45, 2.75) is 57.9 Å². The summed E-state index contributed by atoms with van der Waals surface area (Å²) in [5.41, 5.74) is 0.435. The van der Waals surface area contributed by atoms with E-state index in [1.165, 1.54) is 38.5 Å². The maximum atomic E-state index is 11.9. The van der Waals surface area contributed by atoms with Crippen LogP contribution in [0.1, 0.15) is 51.9 Å². The van der Waals surface area contributed by atoms with E-state index >= 15 is 0 Å². The highest BCUT2D eigenvalue weighted by Gasteiger charge is 2.35. The summed E-state index contributed by atoms with van der Waals surface area (Å²) in [5, 5.41) is 6.44. The van der Waals surface area contributed by atoms with Crippen LogP contribution in [-0.4, -0.2) is 25.0 Å². The first-order valence-electron chi connectivity index (χ1n) is 6.77. The van der Waals surface area contributed by atoms with E-state index in [1.54, 1.807) is 0 Å². The molecule has 0 aromatic heterocycles. The van der Waals surface area contributed by atoms with Gasteiger partial charge in [0.05, 0.1) is 6.04 Å². The Morgan fingerprint density at radius 3 is 2.59 bits per heavy atom. The molecule has 1 saturated heterocycles. The van der Waals surface area contributed by atoms with E-state index in [-0.39, 0.29) is 24.4 Å². The van der Waals surface area contributed by atoms with E-state index in [1.807, 2.05) is 0 Å². The third kappa shape index (κ3) is 3.59. The zero-order valence-electron chi connectivity index (χ0n) is 10.8. The summed E-state index contributed by atoms with van der Waals surface area (Å²) in [4.78, 5) is 11.9. The number of halogens is 1. The lowest BCUT2D eigenvalue weighted by Crippen LogP contribution is -2.50. The Labute approximate surface area is 111 Å². The Morgan fingerprint density at radius 2 is 2.12 bits per heavy atom. The number of rotatable bonds is 4. The molecule has 1 amide bonds. The lowest BCUT2D eigenvalue weighted by atomic mass is 9.67. The minimum Gasteiger partial charge on any atom is -0.354 e. The fourth-order valence-corrected chi connectivity index (χ4v) is 2.81. The maximum absolute atomic E-state index is 11.9. The molecule has 0 bridgehead atoms. The molecule has 2 aliphatic rings. The summed E-state index contributed by atoms with van der Waals surface area (Å²) in [6.07, 6.45) is 8.53. The van der Waals surface area contributed by atoms with Gasteiger partial charge in [0.25, 0.3) is 0 Å². The monoisotopic (exact) mass is 260 g/mol. The molecule has 0 aromatic carbocycles. The van der Waals surface area contributed by atoms with E-state index in [0.717, 1.165) is 19.5 Å². The molecule has 3 nitrogen and oxygen atoms in total. The van der Waals surface area contributed by atoms with Crippen LogP contribution in [0.4, 0.5) is 0 Å². The molecule has 0 unspecified atom stereocenters. The molecule has 2 rings (SSSR count). The van der Waals surface area contributed by atoms with Gasteiger partial charge in [0, 0.05) is 6.54 Å². The summed E-state index contributed by atoms with van der Waals surface area (Å²) in [5.74, 6) is 0.222. The van der Waals surface area contributed by atoms with Gasteiger partial charge in [-0.2, -0.15) is 0 Å². The number of nitrogens with one attached hydrogen (secondary N) is 2. The maximum Gasteiger partial charge on any atom is 0.237 e. The van der Waals surface area contributed by atoms with Crippen molar-refractivity contribution >= 4 is 18.3 Å². The number of carbonyl (C=O) groups is 1. The summed E-state index contributed by atoms with van der Waals surface area (Å²) in [6, 6.07) is 0.0720. The van der Waals surface area contributed by atoms with Crippen molar-refractivity contribution in [3.8, 4) is 0 Å². The van der Waals surface area contributed by atoms with Gasteiger partial charge in [-0.25, -0.2) is 0 Å². The molecular formula is C13H25ClN2O. The fraction of sp³-hybridized carbons (Fsp3) is 0.923. The molecule has 1 aliphatic carbocycles. The van der Waals surface area contributed by atoms with Crippen molar-refractivity contribution in [1.29, 1.82) is 0 Å². The first-order valence-corrected chi connectivity index (χ1v) is 6.77. The third-order valence-corrected chi connectivity index (χ3v) is 4.43. The van der Waals surface area contributed by atoms with E-state index in [9.17, 15) is 4.79 Å². The van der Waals surface area contributed by atoms with Crippen molar-refractivity contribution in [1.82, 2.24) is 10.6 Å². The van der Waals surface area contributed by atoms with Gasteiger partial charge in [0.15, 0.2) is 0 Å². The Balaban J connectivity index is 0.00000144. The molecule has 0 spiro atoms. The van der Waals surface area contributed by atoms with Gasteiger partial charge in [-0.05, 0) is 44.1 Å². The zero-order chi connectivity index (χ0) is 11.4. The minimum absolute atomic E-state index is 0. The molecule has 0 radical (unpaired) electrons. The molecule has 100 valence electrons. The second-order valence-corrected chi connectivity index (χ2v) is 5.43. The second-order valence-electron chi connectivity index (χ2n) is 5.43. The number of carbonyl (C=O) groups excluding carboxylic acids is 1. The van der Waals surface area contributed by atoms with Crippen LogP contribution < -0.4 is 10.6 Å². The number of amides is 1. The fourth-order valence-electron chi connectivity index (χ4n) is 2.81. The van der Waals surface area contributed by atoms with Gasteiger partial charge in [-0.15, -0.1) is 12.4 Å². The third-order valence-electron chi connectivity index (χ3n) is 4.43. The van der Waals surface area contributed by atoms with Crippen LogP contribution in [-0.2, 0) is 4.79 Å². The molecule has 1 saturated carbocycles. The number of hydrogen-bond donors (Lipinski definition) is 2. The van der Waals surface area contributed by atoms with Crippen molar-refractivity contribution in [2.75, 3.05) is 13.1 Å². The van der Waals surface area contributed by atoms with Gasteiger partial charge < -0.3 is 10.6 Å². The Kier molecular flexibility index (Phi) is 5.74. The van der Waals surface area contributed by atoms with Crippen molar-refractivity contribution < 1.29 is 4.79 Å². The van der Waals surface area contributed by atoms with E-state index in [0.29, 0.717) is 5.41 Å². The van der Waals surface area contributed by atoms with E-state index in [2.05, 4.69) is 17.6 Å². The van der Waals surface area contributed by atoms with Crippen molar-refractivity contribution in [3.05, 3.63) is 0 Å². The summed E-state index contributed by atoms with van der Waals surface area (Å²) >= 11 is 0. The largest absolute Gasteiger partial charge is 0.354 e. The van der Waals surface area contributed by atoms with E-state index in [4.69, 9.17) is 0 Å². The van der Waals surface area contributed by atoms with Crippen LogP contribution in [0.2, 0.25) is 0 Å². The molecule has 2 N–H and O–H groups in total. The van der Waals surface area contributed by atoms with Crippen LogP contribution in [0.3, 0.4) is 0 Å². The molecular weight excluding hydrogens is 236 g/mol. The van der Waals surface area contributed by atoms with Gasteiger partial charge in [-0.1, -0.05) is 19.8 Å². The summed E-state index contributed by atoms with van der Waals surface area (Å²) in [7, 11) is 0. The average Bonchev–Trinajstić information content (AvgIpc) is 2.29. The van der Waals surface area contributed by atoms with Crippen LogP contribution >= 0.6 is 12.4 Å². The first-order chi connectivity index (χ1) is 7.76. The predicted molar refractivity (Wildman–Crippen MR) is 72.5 cm³/mol. The summed E-state index contributed by atoms with van der Waals surface area (Å²) in [6.45, 7) is 4.13. The van der Waals surface area contributed by atoms with Gasteiger partial charge in [-0.3, -0.25) is 4.79 Å². The van der Waals surface area contributed by atoms with Gasteiger partial charge in [0.2, 0.25) is 5.91 Å². The molecule has 4 heteroatoms. The number of hydrogen-bond acceptors (Lipinski definition) is 2. The van der Waals surface area contributed by atoms with Crippen LogP contribution in [0.15, 0.2) is 0 Å². The molecule has 0 aromatic rings. The quantitative estimate of drug-likeness (QED) is 0.814. The normalized spacial score (nSPS) is 26.5. The van der Waals surface area contributed by atoms with Gasteiger partial charge in [0.1, 0.15) is 0 Å². The molecule has 1 heterocycles. The van der Waals surface area contributed by atoms with Crippen molar-refractivity contribution in [3.63, 3.8) is 0 Å². The molecule has 17 heavy (non-hydrogen) atoms. The predicted octanol–water partition coefficient (Wildman–Crippen LogP) is 2.25. The highest BCUT2D eigenvalue weighted by Crippen LogP contribution is 2.43. The average molecular weight is 261 g/mol. The van der Waals surface area contributed by atoms with Crippen molar-refractivity contribution in [2.24, 2.45) is 5.41 Å². The summed E-state index contributed by atoms with van der Waals surface area (Å²) < 4.78 is 0. The SMILES string of the molecule is CCC1(CNC(=O)[C@@H]2CCCCN2)CCC1.Cl. The lowest BCUT2D eigenvalue weighted by molar-refractivity contribution is -0.124. The molecule has 2 fully saturated rings. The lowest BCUT2D eigenvalue weighted by Gasteiger charge is -2.41. The number of piperidine rings is 1. The highest BCUT2D eigenvalue weighted by atomic mass is 35.5. The Morgan fingerprint density at radius 1 is 1.35 bits per heavy atom. The topological polar surface area (TPSA) is 41.1 Å². The van der Waals surface area contributed by atoms with E-state index < -0.39 is 0 Å². The smallest absolute Gasteiger partial charge is 0.237 e. The highest BCUT2D eigenvalue weighted by molar-refractivity contribution is 5.85. The van der Waals surface area contributed by atoms with Gasteiger partial charge >= 0.3 is 0 Å².